The van der Waals surface area contributed by atoms with Crippen molar-refractivity contribution in [1.82, 2.24) is 4.98 Å². The minimum absolute atomic E-state index is 0.403. The van der Waals surface area contributed by atoms with E-state index in [4.69, 9.17) is 10.2 Å². The van der Waals surface area contributed by atoms with Gasteiger partial charge in [-0.05, 0) is 23.8 Å². The van der Waals surface area contributed by atoms with Gasteiger partial charge in [-0.15, -0.1) is 0 Å². The Morgan fingerprint density at radius 2 is 1.24 bits per heavy atom. The molecule has 1 aromatic heterocycles. The molecule has 4 rings (SSSR count). The molecule has 25 heavy (non-hydrogen) atoms. The van der Waals surface area contributed by atoms with Gasteiger partial charge in [-0.2, -0.15) is 0 Å². The van der Waals surface area contributed by atoms with Crippen molar-refractivity contribution < 1.29 is 15.0 Å². The molecule has 0 aliphatic rings. The van der Waals surface area contributed by atoms with E-state index in [-0.39, 0.29) is 0 Å². The number of aliphatic hydroxyl groups is 1. The molecule has 0 saturated heterocycles. The Kier molecular flexibility index (Phi) is 5.02. The van der Waals surface area contributed by atoms with E-state index in [0.717, 1.165) is 11.0 Å². The van der Waals surface area contributed by atoms with Gasteiger partial charge >= 0.3 is 5.97 Å². The third-order valence-electron chi connectivity index (χ3n) is 3.77. The highest BCUT2D eigenvalue weighted by atomic mass is 16.4. The lowest BCUT2D eigenvalue weighted by Gasteiger charge is -2.03. The van der Waals surface area contributed by atoms with Crippen molar-refractivity contribution in [3.8, 4) is 0 Å². The maximum absolute atomic E-state index is 10.2. The van der Waals surface area contributed by atoms with Crippen LogP contribution in [0.15, 0.2) is 84.9 Å². The van der Waals surface area contributed by atoms with Gasteiger partial charge in [0.15, 0.2) is 6.10 Å². The van der Waals surface area contributed by atoms with Gasteiger partial charge in [-0.1, -0.05) is 66.7 Å². The predicted molar refractivity (Wildman–Crippen MR) is 98.3 cm³/mol. The number of hydrogen-bond donors (Lipinski definition) is 2. The smallest absolute Gasteiger partial charge is 0.337 e. The number of pyridine rings is 1. The van der Waals surface area contributed by atoms with E-state index in [9.17, 15) is 4.79 Å². The second-order valence-electron chi connectivity index (χ2n) is 5.53. The summed E-state index contributed by atoms with van der Waals surface area (Å²) >= 11 is 0. The molecule has 0 spiro atoms. The molecule has 0 bridgehead atoms. The number of carboxylic acid groups (broad SMARTS) is 1. The zero-order chi connectivity index (χ0) is 17.6. The molecule has 0 fully saturated rings. The lowest BCUT2D eigenvalue weighted by molar-refractivity contribution is -0.146. The maximum atomic E-state index is 10.2. The van der Waals surface area contributed by atoms with Crippen LogP contribution in [0.2, 0.25) is 0 Å². The molecule has 1 atom stereocenters. The van der Waals surface area contributed by atoms with Gasteiger partial charge in [0.25, 0.3) is 0 Å². The molecule has 0 saturated carbocycles. The van der Waals surface area contributed by atoms with Crippen molar-refractivity contribution in [2.45, 2.75) is 6.10 Å². The van der Waals surface area contributed by atoms with Gasteiger partial charge in [-0.25, -0.2) is 9.78 Å². The monoisotopic (exact) mass is 331 g/mol. The number of para-hydroxylation sites is 2. The molecule has 0 radical (unpaired) electrons. The highest BCUT2D eigenvalue weighted by Gasteiger charge is 2.14. The number of nitrogens with zero attached hydrogens (tertiary/aromatic N) is 1. The fraction of sp³-hybridized carbons (Fsp3) is 0.0476. The molecule has 4 nitrogen and oxygen atoms in total. The zero-order valence-corrected chi connectivity index (χ0v) is 13.4. The van der Waals surface area contributed by atoms with Crippen LogP contribution in [0.4, 0.5) is 0 Å². The van der Waals surface area contributed by atoms with Gasteiger partial charge < -0.3 is 10.2 Å². The number of aliphatic carboxylic acids is 1. The third-order valence-corrected chi connectivity index (χ3v) is 3.77. The Bertz CT molecular complexity index is 894. The number of aromatic nitrogens is 1. The van der Waals surface area contributed by atoms with Crippen LogP contribution in [0.5, 0.6) is 0 Å². The first kappa shape index (κ1) is 16.6. The number of aliphatic hydroxyl groups excluding tert-OH is 1. The normalized spacial score (nSPS) is 11.6. The lowest BCUT2D eigenvalue weighted by atomic mass is 10.1. The Labute approximate surface area is 145 Å². The maximum Gasteiger partial charge on any atom is 0.337 e. The van der Waals surface area contributed by atoms with Crippen LogP contribution in [-0.2, 0) is 4.79 Å². The van der Waals surface area contributed by atoms with Crippen LogP contribution in [0.1, 0.15) is 11.7 Å². The van der Waals surface area contributed by atoms with Gasteiger partial charge in [0.05, 0.1) is 11.0 Å². The predicted octanol–water partition coefficient (Wildman–Crippen LogP) is 4.19. The average molecular weight is 331 g/mol. The Morgan fingerprint density at radius 1 is 0.760 bits per heavy atom. The SMILES string of the molecule is O=C(O)[C@H](O)c1ccccc1.c1ccc2nc3ccccc3cc2c1. The summed E-state index contributed by atoms with van der Waals surface area (Å²) in [4.78, 5) is 14.8. The molecule has 0 amide bonds. The van der Waals surface area contributed by atoms with E-state index in [1.165, 1.54) is 10.8 Å². The van der Waals surface area contributed by atoms with Gasteiger partial charge in [0.2, 0.25) is 0 Å². The van der Waals surface area contributed by atoms with Crippen LogP contribution in [0, 0.1) is 0 Å². The topological polar surface area (TPSA) is 70.4 Å². The molecule has 4 aromatic rings. The van der Waals surface area contributed by atoms with E-state index in [1.807, 2.05) is 36.4 Å². The summed E-state index contributed by atoms with van der Waals surface area (Å²) in [5.41, 5.74) is 2.53. The van der Waals surface area contributed by atoms with Crippen molar-refractivity contribution in [1.29, 1.82) is 0 Å². The van der Waals surface area contributed by atoms with Crippen LogP contribution in [-0.4, -0.2) is 21.2 Å². The van der Waals surface area contributed by atoms with E-state index in [2.05, 4.69) is 23.2 Å². The van der Waals surface area contributed by atoms with Gasteiger partial charge in [-0.3, -0.25) is 0 Å². The largest absolute Gasteiger partial charge is 0.479 e. The van der Waals surface area contributed by atoms with E-state index < -0.39 is 12.1 Å². The zero-order valence-electron chi connectivity index (χ0n) is 13.4. The number of carbonyl (C=O) groups is 1. The van der Waals surface area contributed by atoms with Crippen LogP contribution >= 0.6 is 0 Å². The number of rotatable bonds is 2. The second-order valence-corrected chi connectivity index (χ2v) is 5.53. The second kappa shape index (κ2) is 7.55. The van der Waals surface area contributed by atoms with Crippen LogP contribution < -0.4 is 0 Å². The summed E-state index contributed by atoms with van der Waals surface area (Å²) in [5, 5.41) is 19.8. The minimum Gasteiger partial charge on any atom is -0.479 e. The van der Waals surface area contributed by atoms with Crippen molar-refractivity contribution in [3.05, 3.63) is 90.5 Å². The molecule has 124 valence electrons. The molecular formula is C21H17NO3. The fourth-order valence-electron chi connectivity index (χ4n) is 2.50. The quantitative estimate of drug-likeness (QED) is 0.540. The van der Waals surface area contributed by atoms with Gasteiger partial charge in [0, 0.05) is 10.8 Å². The fourth-order valence-corrected chi connectivity index (χ4v) is 2.50. The average Bonchev–Trinajstić information content (AvgIpc) is 2.67. The molecule has 0 aliphatic carbocycles. The Balaban J connectivity index is 0.000000151. The molecule has 0 unspecified atom stereocenters. The summed E-state index contributed by atoms with van der Waals surface area (Å²) in [6.07, 6.45) is -1.41. The number of fused-ring (bicyclic) bond motifs is 2. The van der Waals surface area contributed by atoms with E-state index in [1.54, 1.807) is 30.3 Å². The van der Waals surface area contributed by atoms with Crippen molar-refractivity contribution in [2.75, 3.05) is 0 Å². The highest BCUT2D eigenvalue weighted by molar-refractivity contribution is 5.92. The lowest BCUT2D eigenvalue weighted by Crippen LogP contribution is -2.09. The number of benzene rings is 3. The molecular weight excluding hydrogens is 314 g/mol. The summed E-state index contributed by atoms with van der Waals surface area (Å²) < 4.78 is 0. The standard InChI is InChI=1S/C13H9N.C8H8O3/c1-3-7-12-10(5-1)9-11-6-2-4-8-13(11)14-12;9-7(8(10)11)6-4-2-1-3-5-6/h1-9H;1-5,7,9H,(H,10,11)/t;7-/m.1/s1. The summed E-state index contributed by atoms with van der Waals surface area (Å²) in [7, 11) is 0. The van der Waals surface area contributed by atoms with Crippen molar-refractivity contribution in [3.63, 3.8) is 0 Å². The van der Waals surface area contributed by atoms with Crippen LogP contribution in [0.3, 0.4) is 0 Å². The first-order valence-corrected chi connectivity index (χ1v) is 7.85. The van der Waals surface area contributed by atoms with E-state index >= 15 is 0 Å². The minimum atomic E-state index is -1.41. The third kappa shape index (κ3) is 4.00. The van der Waals surface area contributed by atoms with Crippen molar-refractivity contribution >= 4 is 27.8 Å². The molecule has 3 aromatic carbocycles. The Morgan fingerprint density at radius 3 is 1.76 bits per heavy atom. The van der Waals surface area contributed by atoms with Gasteiger partial charge in [0.1, 0.15) is 0 Å². The molecule has 0 aliphatic heterocycles. The first-order chi connectivity index (χ1) is 12.1. The molecule has 2 N–H and O–H groups in total. The summed E-state index contributed by atoms with van der Waals surface area (Å²) in [5.74, 6) is -1.23. The van der Waals surface area contributed by atoms with Crippen molar-refractivity contribution in [2.24, 2.45) is 0 Å². The molecule has 4 heteroatoms. The Hall–Kier alpha value is -3.24. The first-order valence-electron chi connectivity index (χ1n) is 7.85. The highest BCUT2D eigenvalue weighted by Crippen LogP contribution is 2.18. The number of carboxylic acids is 1. The van der Waals surface area contributed by atoms with E-state index in [0.29, 0.717) is 5.56 Å². The summed E-state index contributed by atoms with van der Waals surface area (Å²) in [6, 6.07) is 26.8. The number of hydrogen-bond acceptors (Lipinski definition) is 3. The summed E-state index contributed by atoms with van der Waals surface area (Å²) in [6.45, 7) is 0. The van der Waals surface area contributed by atoms with Crippen LogP contribution in [0.25, 0.3) is 21.8 Å². The molecule has 1 heterocycles.